The SMILES string of the molecule is CCN(CC)S(=O)(=O)c1ccc2[nH]c3nc(NC(=O)c4ccc(OC)c(OC)c4)nnc3c2c1. The maximum absolute atomic E-state index is 12.9. The maximum Gasteiger partial charge on any atom is 0.258 e. The van der Waals surface area contributed by atoms with Gasteiger partial charge in [0.25, 0.3) is 11.9 Å². The molecular weight excluding hydrogens is 460 g/mol. The fourth-order valence-corrected chi connectivity index (χ4v) is 5.11. The van der Waals surface area contributed by atoms with Crippen LogP contribution in [0.25, 0.3) is 22.1 Å². The largest absolute Gasteiger partial charge is 0.493 e. The van der Waals surface area contributed by atoms with Gasteiger partial charge in [0.15, 0.2) is 17.1 Å². The molecule has 2 aromatic heterocycles. The Morgan fingerprint density at radius 1 is 1.03 bits per heavy atom. The van der Waals surface area contributed by atoms with Crippen molar-refractivity contribution >= 4 is 43.9 Å². The lowest BCUT2D eigenvalue weighted by Crippen LogP contribution is -2.30. The normalized spacial score (nSPS) is 11.8. The molecule has 12 heteroatoms. The number of benzene rings is 2. The van der Waals surface area contributed by atoms with E-state index in [2.05, 4.69) is 25.5 Å². The highest BCUT2D eigenvalue weighted by molar-refractivity contribution is 7.89. The van der Waals surface area contributed by atoms with Gasteiger partial charge in [-0.3, -0.25) is 10.1 Å². The number of anilines is 1. The zero-order valence-corrected chi connectivity index (χ0v) is 19.9. The van der Waals surface area contributed by atoms with E-state index in [-0.39, 0.29) is 10.8 Å². The second-order valence-electron chi connectivity index (χ2n) is 7.28. The number of sulfonamides is 1. The molecule has 0 saturated heterocycles. The summed E-state index contributed by atoms with van der Waals surface area (Å²) >= 11 is 0. The minimum Gasteiger partial charge on any atom is -0.493 e. The molecule has 0 unspecified atom stereocenters. The molecule has 0 saturated carbocycles. The number of H-pyrrole nitrogens is 1. The smallest absolute Gasteiger partial charge is 0.258 e. The Balaban J connectivity index is 1.66. The van der Waals surface area contributed by atoms with Gasteiger partial charge in [0.05, 0.1) is 19.1 Å². The number of aromatic nitrogens is 4. The van der Waals surface area contributed by atoms with Gasteiger partial charge < -0.3 is 14.5 Å². The Bertz CT molecular complexity index is 1480. The van der Waals surface area contributed by atoms with Gasteiger partial charge in [0, 0.05) is 29.6 Å². The van der Waals surface area contributed by atoms with Gasteiger partial charge in [0.2, 0.25) is 10.0 Å². The van der Waals surface area contributed by atoms with E-state index in [1.165, 1.54) is 18.5 Å². The van der Waals surface area contributed by atoms with E-state index in [9.17, 15) is 13.2 Å². The minimum atomic E-state index is -3.63. The van der Waals surface area contributed by atoms with E-state index in [0.717, 1.165) is 0 Å². The number of ether oxygens (including phenoxy) is 2. The lowest BCUT2D eigenvalue weighted by Gasteiger charge is -2.18. The number of rotatable bonds is 8. The van der Waals surface area contributed by atoms with Crippen LogP contribution in [0.1, 0.15) is 24.2 Å². The van der Waals surface area contributed by atoms with Gasteiger partial charge in [0.1, 0.15) is 5.52 Å². The van der Waals surface area contributed by atoms with Crippen molar-refractivity contribution in [3.63, 3.8) is 0 Å². The average molecular weight is 485 g/mol. The van der Waals surface area contributed by atoms with Crippen LogP contribution in [-0.4, -0.2) is 66.1 Å². The van der Waals surface area contributed by atoms with E-state index in [1.54, 1.807) is 50.2 Å². The monoisotopic (exact) mass is 484 g/mol. The van der Waals surface area contributed by atoms with Gasteiger partial charge >= 0.3 is 0 Å². The minimum absolute atomic E-state index is 0.00479. The number of hydrogen-bond donors (Lipinski definition) is 2. The average Bonchev–Trinajstić information content (AvgIpc) is 3.21. The summed E-state index contributed by atoms with van der Waals surface area (Å²) in [5.74, 6) is 0.454. The van der Waals surface area contributed by atoms with Gasteiger partial charge in [-0.2, -0.15) is 9.29 Å². The van der Waals surface area contributed by atoms with Crippen LogP contribution in [-0.2, 0) is 10.0 Å². The highest BCUT2D eigenvalue weighted by Crippen LogP contribution is 2.29. The van der Waals surface area contributed by atoms with Crippen molar-refractivity contribution in [2.75, 3.05) is 32.6 Å². The Morgan fingerprint density at radius 2 is 1.76 bits per heavy atom. The van der Waals surface area contributed by atoms with Crippen LogP contribution in [0.15, 0.2) is 41.3 Å². The summed E-state index contributed by atoms with van der Waals surface area (Å²) in [4.78, 5) is 20.3. The fourth-order valence-electron chi connectivity index (χ4n) is 3.63. The molecule has 0 fully saturated rings. The van der Waals surface area contributed by atoms with Crippen LogP contribution in [0.3, 0.4) is 0 Å². The van der Waals surface area contributed by atoms with Gasteiger partial charge in [-0.1, -0.05) is 13.8 Å². The molecule has 0 bridgehead atoms. The van der Waals surface area contributed by atoms with Crippen molar-refractivity contribution < 1.29 is 22.7 Å². The van der Waals surface area contributed by atoms with Crippen LogP contribution in [0.2, 0.25) is 0 Å². The summed E-state index contributed by atoms with van der Waals surface area (Å²) in [6.07, 6.45) is 0. The fraction of sp³-hybridized carbons (Fsp3) is 0.273. The molecule has 2 N–H and O–H groups in total. The van der Waals surface area contributed by atoms with Crippen molar-refractivity contribution in [2.24, 2.45) is 0 Å². The van der Waals surface area contributed by atoms with Crippen molar-refractivity contribution in [3.05, 3.63) is 42.0 Å². The zero-order chi connectivity index (χ0) is 24.5. The van der Waals surface area contributed by atoms with Gasteiger partial charge in [-0.15, -0.1) is 10.2 Å². The Labute approximate surface area is 196 Å². The first kappa shape index (κ1) is 23.4. The Hall–Kier alpha value is -3.77. The summed E-state index contributed by atoms with van der Waals surface area (Å²) in [6, 6.07) is 9.51. The van der Waals surface area contributed by atoms with Crippen LogP contribution in [0, 0.1) is 0 Å². The topological polar surface area (TPSA) is 139 Å². The van der Waals surface area contributed by atoms with Gasteiger partial charge in [-0.05, 0) is 36.4 Å². The number of fused-ring (bicyclic) bond motifs is 3. The highest BCUT2D eigenvalue weighted by Gasteiger charge is 2.23. The van der Waals surface area contributed by atoms with Gasteiger partial charge in [-0.25, -0.2) is 8.42 Å². The summed E-state index contributed by atoms with van der Waals surface area (Å²) in [7, 11) is -0.640. The third kappa shape index (κ3) is 4.13. The Kier molecular flexibility index (Phi) is 6.35. The predicted octanol–water partition coefficient (Wildman–Crippen LogP) is 2.81. The van der Waals surface area contributed by atoms with Crippen molar-refractivity contribution in [3.8, 4) is 11.5 Å². The Morgan fingerprint density at radius 3 is 2.44 bits per heavy atom. The van der Waals surface area contributed by atoms with Crippen LogP contribution in [0.4, 0.5) is 5.95 Å². The lowest BCUT2D eigenvalue weighted by atomic mass is 10.2. The van der Waals surface area contributed by atoms with Crippen LogP contribution < -0.4 is 14.8 Å². The van der Waals surface area contributed by atoms with E-state index >= 15 is 0 Å². The quantitative estimate of drug-likeness (QED) is 0.389. The first-order valence-corrected chi connectivity index (χ1v) is 12.0. The first-order chi connectivity index (χ1) is 16.3. The molecule has 4 rings (SSSR count). The molecule has 0 aliphatic carbocycles. The van der Waals surface area contributed by atoms with E-state index in [0.29, 0.717) is 52.2 Å². The molecule has 0 spiro atoms. The molecule has 11 nitrogen and oxygen atoms in total. The predicted molar refractivity (Wildman–Crippen MR) is 127 cm³/mol. The number of carbonyl (C=O) groups is 1. The van der Waals surface area contributed by atoms with E-state index in [4.69, 9.17) is 9.47 Å². The second-order valence-corrected chi connectivity index (χ2v) is 9.22. The molecule has 0 aliphatic rings. The summed E-state index contributed by atoms with van der Waals surface area (Å²) in [5, 5.41) is 11.4. The number of amides is 1. The number of aromatic amines is 1. The number of methoxy groups -OCH3 is 2. The molecule has 0 radical (unpaired) electrons. The first-order valence-electron chi connectivity index (χ1n) is 10.5. The third-order valence-corrected chi connectivity index (χ3v) is 7.45. The summed E-state index contributed by atoms with van der Waals surface area (Å²) in [5.41, 5.74) is 1.74. The maximum atomic E-state index is 12.9. The molecule has 0 atom stereocenters. The standard InChI is InChI=1S/C22H24N6O5S/c1-5-28(6-2)34(30,31)14-8-9-16-15(12-14)19-20(23-16)24-22(27-26-19)25-21(29)13-7-10-17(32-3)18(11-13)33-4/h7-12H,5-6H2,1-4H3,(H2,23,24,25,27,29). The van der Waals surface area contributed by atoms with Crippen molar-refractivity contribution in [1.29, 1.82) is 0 Å². The van der Waals surface area contributed by atoms with Crippen molar-refractivity contribution in [1.82, 2.24) is 24.5 Å². The number of nitrogens with one attached hydrogen (secondary N) is 2. The molecule has 1 amide bonds. The highest BCUT2D eigenvalue weighted by atomic mass is 32.2. The lowest BCUT2D eigenvalue weighted by molar-refractivity contribution is 0.102. The molecule has 2 heterocycles. The zero-order valence-electron chi connectivity index (χ0n) is 19.1. The molecule has 4 aromatic rings. The van der Waals surface area contributed by atoms with Crippen molar-refractivity contribution in [2.45, 2.75) is 18.7 Å². The van der Waals surface area contributed by atoms with E-state index < -0.39 is 15.9 Å². The molecule has 2 aromatic carbocycles. The second kappa shape index (κ2) is 9.23. The molecule has 178 valence electrons. The third-order valence-electron chi connectivity index (χ3n) is 5.40. The number of hydrogen-bond acceptors (Lipinski definition) is 8. The van der Waals surface area contributed by atoms with E-state index in [1.807, 2.05) is 0 Å². The molecule has 34 heavy (non-hydrogen) atoms. The van der Waals surface area contributed by atoms with Crippen LogP contribution in [0.5, 0.6) is 11.5 Å². The summed E-state index contributed by atoms with van der Waals surface area (Å²) < 4.78 is 37.6. The molecule has 0 aliphatic heterocycles. The number of nitrogens with zero attached hydrogens (tertiary/aromatic N) is 4. The summed E-state index contributed by atoms with van der Waals surface area (Å²) in [6.45, 7) is 4.32. The number of carbonyl (C=O) groups excluding carboxylic acids is 1. The van der Waals surface area contributed by atoms with Crippen LogP contribution >= 0.6 is 0 Å². The molecular formula is C22H24N6O5S.